The van der Waals surface area contributed by atoms with Crippen LogP contribution >= 0.6 is 0 Å². The van der Waals surface area contributed by atoms with Crippen LogP contribution in [0.2, 0.25) is 0 Å². The van der Waals surface area contributed by atoms with Crippen molar-refractivity contribution in [2.24, 2.45) is 0 Å². The Kier molecular flexibility index (Phi) is 5.13. The summed E-state index contributed by atoms with van der Waals surface area (Å²) in [5.41, 5.74) is 4.38. The summed E-state index contributed by atoms with van der Waals surface area (Å²) >= 11 is 0. The molecule has 3 atom stereocenters. The molecule has 4 rings (SSSR count). The number of aliphatic hydroxyl groups excluding tert-OH is 1. The number of anilines is 3. The summed E-state index contributed by atoms with van der Waals surface area (Å²) in [6, 6.07) is 8.61. The van der Waals surface area contributed by atoms with Gasteiger partial charge in [0.1, 0.15) is 5.82 Å². The van der Waals surface area contributed by atoms with Crippen LogP contribution in [0.5, 0.6) is 0 Å². The Hall–Kier alpha value is -2.37. The van der Waals surface area contributed by atoms with Crippen LogP contribution in [0.15, 0.2) is 24.3 Å². The van der Waals surface area contributed by atoms with Crippen LogP contribution in [-0.4, -0.2) is 35.4 Å². The summed E-state index contributed by atoms with van der Waals surface area (Å²) in [6.07, 6.45) is 2.88. The van der Waals surface area contributed by atoms with Gasteiger partial charge in [-0.05, 0) is 50.1 Å². The molecule has 1 saturated heterocycles. The van der Waals surface area contributed by atoms with Crippen LogP contribution in [0.4, 0.5) is 17.2 Å². The van der Waals surface area contributed by atoms with Crippen LogP contribution in [0.3, 0.4) is 0 Å². The number of nitrogens with one attached hydrogen (secondary N) is 1. The minimum Gasteiger partial charge on any atom is -0.390 e. The van der Waals surface area contributed by atoms with Gasteiger partial charge in [-0.3, -0.25) is 0 Å². The third-order valence-electron chi connectivity index (χ3n) is 5.87. The van der Waals surface area contributed by atoms with Crippen molar-refractivity contribution in [1.82, 2.24) is 4.98 Å². The molecule has 5 nitrogen and oxygen atoms in total. The number of ether oxygens (including phenoxy) is 1. The van der Waals surface area contributed by atoms with Crippen LogP contribution in [0, 0.1) is 0 Å². The zero-order chi connectivity index (χ0) is 19.8. The van der Waals surface area contributed by atoms with Gasteiger partial charge in [0.2, 0.25) is 0 Å². The van der Waals surface area contributed by atoms with E-state index in [4.69, 9.17) is 9.72 Å². The van der Waals surface area contributed by atoms with Crippen molar-refractivity contribution in [1.29, 1.82) is 0 Å². The molecule has 148 valence electrons. The minimum absolute atomic E-state index is 0.109. The summed E-state index contributed by atoms with van der Waals surface area (Å²) in [6.45, 7) is 12.5. The highest BCUT2D eigenvalue weighted by atomic mass is 16.5. The van der Waals surface area contributed by atoms with Crippen LogP contribution in [-0.2, 0) is 4.74 Å². The van der Waals surface area contributed by atoms with Crippen molar-refractivity contribution >= 4 is 29.8 Å². The molecule has 0 aliphatic carbocycles. The zero-order valence-electron chi connectivity index (χ0n) is 16.9. The number of hydrogen-bond donors (Lipinski definition) is 2. The van der Waals surface area contributed by atoms with Gasteiger partial charge in [-0.1, -0.05) is 19.6 Å². The second kappa shape index (κ2) is 7.57. The van der Waals surface area contributed by atoms with E-state index in [1.54, 1.807) is 0 Å². The van der Waals surface area contributed by atoms with E-state index in [0.717, 1.165) is 47.4 Å². The number of nitrogens with zero attached hydrogens (tertiary/aromatic N) is 2. The van der Waals surface area contributed by atoms with Gasteiger partial charge >= 0.3 is 0 Å². The standard InChI is InChI=1S/C23H29N3O2/c1-5-21-20(27)13-22(28-21)18-11-16-10-15-8-9-17(26(6-2)7-3)12-19(15)25-23(16)24-14(18)4/h8-12,20-22,27H,4-7,13H2,1-3H3,(H,24,25)/t20-,21-,22-/m1/s1. The molecular formula is C23H29N3O2. The SMILES string of the molecule is C=c1nc2c(cc1[C@H]1C[C@@H](O)[C@@H](CC)O1)=Cc1ccc(N(CC)CC)cc1N2. The van der Waals surface area contributed by atoms with Crippen molar-refractivity contribution in [3.05, 3.63) is 46.0 Å². The summed E-state index contributed by atoms with van der Waals surface area (Å²) in [7, 11) is 0. The maximum absolute atomic E-state index is 10.2. The molecule has 2 aliphatic rings. The van der Waals surface area contributed by atoms with Gasteiger partial charge in [-0.25, -0.2) is 4.98 Å². The van der Waals surface area contributed by atoms with E-state index in [0.29, 0.717) is 11.8 Å². The molecule has 0 spiro atoms. The van der Waals surface area contributed by atoms with E-state index in [-0.39, 0.29) is 12.2 Å². The van der Waals surface area contributed by atoms with Crippen molar-refractivity contribution in [2.45, 2.75) is 51.9 Å². The summed E-state index contributed by atoms with van der Waals surface area (Å²) in [4.78, 5) is 7.05. The molecular weight excluding hydrogens is 350 g/mol. The lowest BCUT2D eigenvalue weighted by Gasteiger charge is -2.24. The number of hydrogen-bond acceptors (Lipinski definition) is 5. The molecule has 0 unspecified atom stereocenters. The monoisotopic (exact) mass is 379 g/mol. The van der Waals surface area contributed by atoms with E-state index in [9.17, 15) is 5.11 Å². The Morgan fingerprint density at radius 2 is 2.04 bits per heavy atom. The fraction of sp³-hybridized carbons (Fsp3) is 0.435. The number of aromatic nitrogens is 1. The Balaban J connectivity index is 1.70. The highest BCUT2D eigenvalue weighted by Crippen LogP contribution is 2.33. The molecule has 1 fully saturated rings. The Labute approximate surface area is 166 Å². The lowest BCUT2D eigenvalue weighted by atomic mass is 10.0. The predicted molar refractivity (Wildman–Crippen MR) is 114 cm³/mol. The van der Waals surface area contributed by atoms with Crippen LogP contribution < -0.4 is 20.8 Å². The molecule has 0 amide bonds. The lowest BCUT2D eigenvalue weighted by Crippen LogP contribution is -2.27. The second-order valence-corrected chi connectivity index (χ2v) is 7.55. The van der Waals surface area contributed by atoms with Gasteiger partial charge in [0, 0.05) is 41.7 Å². The van der Waals surface area contributed by atoms with Crippen molar-refractivity contribution in [2.75, 3.05) is 23.3 Å². The van der Waals surface area contributed by atoms with Gasteiger partial charge in [0.15, 0.2) is 0 Å². The van der Waals surface area contributed by atoms with Crippen molar-refractivity contribution < 1.29 is 9.84 Å². The maximum atomic E-state index is 10.2. The van der Waals surface area contributed by atoms with Gasteiger partial charge < -0.3 is 20.1 Å². The average Bonchev–Trinajstić information content (AvgIpc) is 3.07. The molecule has 3 heterocycles. The smallest absolute Gasteiger partial charge is 0.138 e. The molecule has 2 aromatic rings. The van der Waals surface area contributed by atoms with Crippen LogP contribution in [0.1, 0.15) is 50.8 Å². The normalized spacial score (nSPS) is 22.8. The first-order chi connectivity index (χ1) is 13.5. The fourth-order valence-electron chi connectivity index (χ4n) is 4.23. The van der Waals surface area contributed by atoms with Gasteiger partial charge in [0.25, 0.3) is 0 Å². The Morgan fingerprint density at radius 3 is 2.71 bits per heavy atom. The first-order valence-electron chi connectivity index (χ1n) is 10.2. The third-order valence-corrected chi connectivity index (χ3v) is 5.87. The molecule has 1 aromatic heterocycles. The first-order valence-corrected chi connectivity index (χ1v) is 10.2. The number of rotatable bonds is 5. The van der Waals surface area contributed by atoms with E-state index in [2.05, 4.69) is 61.0 Å². The van der Waals surface area contributed by atoms with Crippen molar-refractivity contribution in [3.63, 3.8) is 0 Å². The lowest BCUT2D eigenvalue weighted by molar-refractivity contribution is 0.00737. The second-order valence-electron chi connectivity index (χ2n) is 7.55. The number of pyridine rings is 1. The fourth-order valence-corrected chi connectivity index (χ4v) is 4.23. The Bertz CT molecular complexity index is 984. The van der Waals surface area contributed by atoms with Gasteiger partial charge in [-0.15, -0.1) is 0 Å². The van der Waals surface area contributed by atoms with E-state index in [1.807, 2.05) is 6.92 Å². The maximum Gasteiger partial charge on any atom is 0.138 e. The molecule has 28 heavy (non-hydrogen) atoms. The number of aliphatic hydroxyl groups is 1. The van der Waals surface area contributed by atoms with E-state index < -0.39 is 6.10 Å². The molecule has 2 aliphatic heterocycles. The summed E-state index contributed by atoms with van der Waals surface area (Å²) in [5, 5.41) is 15.4. The molecule has 0 saturated carbocycles. The molecule has 2 N–H and O–H groups in total. The summed E-state index contributed by atoms with van der Waals surface area (Å²) < 4.78 is 6.05. The average molecular weight is 380 g/mol. The topological polar surface area (TPSA) is 57.6 Å². The number of fused-ring (bicyclic) bond motifs is 2. The van der Waals surface area contributed by atoms with Crippen LogP contribution in [0.25, 0.3) is 12.7 Å². The highest BCUT2D eigenvalue weighted by Gasteiger charge is 2.34. The molecule has 0 bridgehead atoms. The van der Waals surface area contributed by atoms with Gasteiger partial charge in [-0.2, -0.15) is 0 Å². The largest absolute Gasteiger partial charge is 0.390 e. The number of benzene rings is 1. The summed E-state index contributed by atoms with van der Waals surface area (Å²) in [5.74, 6) is 0.823. The molecule has 0 radical (unpaired) electrons. The minimum atomic E-state index is -0.424. The van der Waals surface area contributed by atoms with E-state index >= 15 is 0 Å². The molecule has 1 aromatic carbocycles. The quantitative estimate of drug-likeness (QED) is 0.714. The highest BCUT2D eigenvalue weighted by molar-refractivity contribution is 5.79. The predicted octanol–water partition coefficient (Wildman–Crippen LogP) is 2.82. The third kappa shape index (κ3) is 3.29. The Morgan fingerprint density at radius 1 is 1.25 bits per heavy atom. The van der Waals surface area contributed by atoms with E-state index in [1.165, 1.54) is 5.69 Å². The zero-order valence-corrected chi connectivity index (χ0v) is 16.9. The van der Waals surface area contributed by atoms with Gasteiger partial charge in [0.05, 0.1) is 23.7 Å². The first kappa shape index (κ1) is 19.0. The van der Waals surface area contributed by atoms with Crippen molar-refractivity contribution in [3.8, 4) is 0 Å². The molecule has 5 heteroatoms.